The summed E-state index contributed by atoms with van der Waals surface area (Å²) in [6, 6.07) is -1.58. The molecule has 1 aliphatic heterocycles. The molecule has 0 spiro atoms. The number of nitrogens with two attached hydrogens (primary N) is 1. The molecule has 0 saturated carbocycles. The van der Waals surface area contributed by atoms with E-state index in [4.69, 9.17) is 5.73 Å². The van der Waals surface area contributed by atoms with Gasteiger partial charge in [-0.1, -0.05) is 13.8 Å². The summed E-state index contributed by atoms with van der Waals surface area (Å²) in [5.41, 5.74) is 7.32. The molecule has 2 heterocycles. The largest absolute Gasteiger partial charge is 0.480 e. The summed E-state index contributed by atoms with van der Waals surface area (Å²) in [4.78, 5) is 31.9. The highest BCUT2D eigenvalue weighted by Crippen LogP contribution is 2.22. The molecule has 1 aliphatic rings. The Balaban J connectivity index is 2.27. The van der Waals surface area contributed by atoms with Crippen LogP contribution in [0.1, 0.15) is 25.2 Å². The van der Waals surface area contributed by atoms with Gasteiger partial charge in [0.05, 0.1) is 30.3 Å². The third-order valence-corrected chi connectivity index (χ3v) is 3.47. The molecule has 0 radical (unpaired) electrons. The lowest BCUT2D eigenvalue weighted by Crippen LogP contribution is -2.55. The van der Waals surface area contributed by atoms with E-state index in [9.17, 15) is 14.7 Å². The van der Waals surface area contributed by atoms with E-state index in [1.807, 2.05) is 13.8 Å². The number of hydrogen-bond donors (Lipinski definition) is 3. The first-order valence-electron chi connectivity index (χ1n) is 6.21. The lowest BCUT2D eigenvalue weighted by molar-refractivity contribution is -0.152. The number of nitrogens with one attached hydrogen (secondary N) is 1. The van der Waals surface area contributed by atoms with Gasteiger partial charge in [-0.15, -0.1) is 0 Å². The summed E-state index contributed by atoms with van der Waals surface area (Å²) >= 11 is 0. The maximum atomic E-state index is 12.3. The van der Waals surface area contributed by atoms with Crippen molar-refractivity contribution in [3.63, 3.8) is 0 Å². The topological polar surface area (TPSA) is 112 Å². The van der Waals surface area contributed by atoms with Crippen LogP contribution in [-0.2, 0) is 22.6 Å². The number of aromatic nitrogens is 2. The van der Waals surface area contributed by atoms with Gasteiger partial charge in [0.1, 0.15) is 6.04 Å². The fraction of sp³-hybridized carbons (Fsp3) is 0.583. The standard InChI is InChI=1S/C12H18N4O3/c1-6(2)10(13)11(17)16-4-8-7(14-5-15-8)3-9(16)12(18)19/h5-6,9-10H,3-4,13H2,1-2H3,(H,14,15)(H,18,19)/t9?,10-/m0/s1. The van der Waals surface area contributed by atoms with Crippen LogP contribution < -0.4 is 5.73 Å². The SMILES string of the molecule is CC(C)[C@H](N)C(=O)N1Cc2[nH]cnc2CC1C(=O)O. The van der Waals surface area contributed by atoms with Crippen LogP contribution in [0, 0.1) is 5.92 Å². The zero-order chi connectivity index (χ0) is 14.2. The summed E-state index contributed by atoms with van der Waals surface area (Å²) < 4.78 is 0. The van der Waals surface area contributed by atoms with E-state index in [-0.39, 0.29) is 24.8 Å². The van der Waals surface area contributed by atoms with Gasteiger partial charge in [0.2, 0.25) is 5.91 Å². The van der Waals surface area contributed by atoms with Crippen molar-refractivity contribution < 1.29 is 14.7 Å². The highest BCUT2D eigenvalue weighted by Gasteiger charge is 2.38. The Kier molecular flexibility index (Phi) is 3.57. The number of carboxylic acid groups (broad SMARTS) is 1. The minimum Gasteiger partial charge on any atom is -0.480 e. The van der Waals surface area contributed by atoms with E-state index in [0.29, 0.717) is 5.69 Å². The number of aromatic amines is 1. The second-order valence-electron chi connectivity index (χ2n) is 5.12. The number of fused-ring (bicyclic) bond motifs is 1. The molecule has 1 unspecified atom stereocenters. The number of hydrogen-bond acceptors (Lipinski definition) is 4. The van der Waals surface area contributed by atoms with Crippen LogP contribution in [0.25, 0.3) is 0 Å². The Labute approximate surface area is 110 Å². The molecule has 2 atom stereocenters. The lowest BCUT2D eigenvalue weighted by Gasteiger charge is -2.34. The van der Waals surface area contributed by atoms with Gasteiger partial charge in [-0.3, -0.25) is 4.79 Å². The second kappa shape index (κ2) is 5.00. The predicted molar refractivity (Wildman–Crippen MR) is 67.1 cm³/mol. The molecule has 7 heteroatoms. The molecule has 1 amide bonds. The molecule has 4 N–H and O–H groups in total. The number of carboxylic acids is 1. The summed E-state index contributed by atoms with van der Waals surface area (Å²) in [5, 5.41) is 9.27. The highest BCUT2D eigenvalue weighted by atomic mass is 16.4. The second-order valence-corrected chi connectivity index (χ2v) is 5.12. The molecule has 1 aromatic rings. The maximum absolute atomic E-state index is 12.3. The van der Waals surface area contributed by atoms with Gasteiger partial charge in [-0.2, -0.15) is 0 Å². The van der Waals surface area contributed by atoms with E-state index in [1.54, 1.807) is 0 Å². The molecule has 0 aromatic carbocycles. The first-order chi connectivity index (χ1) is 8.91. The van der Waals surface area contributed by atoms with Gasteiger partial charge in [0.15, 0.2) is 0 Å². The molecule has 0 saturated heterocycles. The van der Waals surface area contributed by atoms with Gasteiger partial charge in [0.25, 0.3) is 0 Å². The highest BCUT2D eigenvalue weighted by molar-refractivity contribution is 5.87. The van der Waals surface area contributed by atoms with Crippen molar-refractivity contribution in [1.29, 1.82) is 0 Å². The van der Waals surface area contributed by atoms with Crippen LogP contribution in [0.2, 0.25) is 0 Å². The summed E-state index contributed by atoms with van der Waals surface area (Å²) in [6.45, 7) is 3.89. The smallest absolute Gasteiger partial charge is 0.326 e. The van der Waals surface area contributed by atoms with Gasteiger partial charge in [0, 0.05) is 6.42 Å². The summed E-state index contributed by atoms with van der Waals surface area (Å²) in [7, 11) is 0. The molecule has 1 aromatic heterocycles. The number of carbonyl (C=O) groups excluding carboxylic acids is 1. The summed E-state index contributed by atoms with van der Waals surface area (Å²) in [6.07, 6.45) is 1.73. The first kappa shape index (κ1) is 13.5. The zero-order valence-corrected chi connectivity index (χ0v) is 11.0. The van der Waals surface area contributed by atoms with Crippen LogP contribution in [0.15, 0.2) is 6.33 Å². The minimum atomic E-state index is -1.03. The van der Waals surface area contributed by atoms with Crippen LogP contribution >= 0.6 is 0 Å². The number of aliphatic carboxylic acids is 1. The van der Waals surface area contributed by atoms with Crippen molar-refractivity contribution in [3.8, 4) is 0 Å². The van der Waals surface area contributed by atoms with E-state index in [2.05, 4.69) is 9.97 Å². The third kappa shape index (κ3) is 2.46. The Morgan fingerprint density at radius 2 is 2.26 bits per heavy atom. The zero-order valence-electron chi connectivity index (χ0n) is 11.0. The van der Waals surface area contributed by atoms with Crippen molar-refractivity contribution in [2.45, 2.75) is 38.9 Å². The normalized spacial score (nSPS) is 20.2. The van der Waals surface area contributed by atoms with Crippen LogP contribution in [-0.4, -0.2) is 43.9 Å². The Hall–Kier alpha value is -1.89. The number of rotatable bonds is 3. The van der Waals surface area contributed by atoms with Crippen molar-refractivity contribution in [2.75, 3.05) is 0 Å². The number of imidazole rings is 1. The van der Waals surface area contributed by atoms with Gasteiger partial charge >= 0.3 is 5.97 Å². The Morgan fingerprint density at radius 3 is 2.84 bits per heavy atom. The lowest BCUT2D eigenvalue weighted by atomic mass is 9.98. The number of amides is 1. The molecule has 7 nitrogen and oxygen atoms in total. The fourth-order valence-corrected chi connectivity index (χ4v) is 2.16. The van der Waals surface area contributed by atoms with Crippen LogP contribution in [0.5, 0.6) is 0 Å². The molecular formula is C12H18N4O3. The summed E-state index contributed by atoms with van der Waals surface area (Å²) in [5.74, 6) is -1.40. The van der Waals surface area contributed by atoms with Crippen molar-refractivity contribution in [1.82, 2.24) is 14.9 Å². The Bertz CT molecular complexity index is 497. The number of H-pyrrole nitrogens is 1. The molecule has 0 fully saturated rings. The average Bonchev–Trinajstić information content (AvgIpc) is 2.82. The molecule has 104 valence electrons. The minimum absolute atomic E-state index is 0.0369. The number of carbonyl (C=O) groups is 2. The molecule has 19 heavy (non-hydrogen) atoms. The van der Waals surface area contributed by atoms with Crippen LogP contribution in [0.3, 0.4) is 0 Å². The number of nitrogens with zero attached hydrogens (tertiary/aromatic N) is 2. The van der Waals surface area contributed by atoms with Crippen molar-refractivity contribution in [3.05, 3.63) is 17.7 Å². The third-order valence-electron chi connectivity index (χ3n) is 3.47. The van der Waals surface area contributed by atoms with Gasteiger partial charge < -0.3 is 20.7 Å². The predicted octanol–water partition coefficient (Wildman–Crippen LogP) is -0.269. The van der Waals surface area contributed by atoms with E-state index < -0.39 is 18.1 Å². The monoisotopic (exact) mass is 266 g/mol. The van der Waals surface area contributed by atoms with E-state index in [0.717, 1.165) is 5.69 Å². The van der Waals surface area contributed by atoms with Crippen LogP contribution in [0.4, 0.5) is 0 Å². The van der Waals surface area contributed by atoms with Crippen molar-refractivity contribution in [2.24, 2.45) is 11.7 Å². The van der Waals surface area contributed by atoms with E-state index in [1.165, 1.54) is 11.2 Å². The fourth-order valence-electron chi connectivity index (χ4n) is 2.16. The van der Waals surface area contributed by atoms with Gasteiger partial charge in [-0.05, 0) is 5.92 Å². The first-order valence-corrected chi connectivity index (χ1v) is 6.21. The molecule has 0 bridgehead atoms. The van der Waals surface area contributed by atoms with Gasteiger partial charge in [-0.25, -0.2) is 9.78 Å². The van der Waals surface area contributed by atoms with E-state index >= 15 is 0 Å². The molecule has 2 rings (SSSR count). The Morgan fingerprint density at radius 1 is 1.58 bits per heavy atom. The maximum Gasteiger partial charge on any atom is 0.326 e. The molecular weight excluding hydrogens is 248 g/mol. The quantitative estimate of drug-likeness (QED) is 0.697. The average molecular weight is 266 g/mol. The molecule has 0 aliphatic carbocycles. The van der Waals surface area contributed by atoms with Crippen molar-refractivity contribution >= 4 is 11.9 Å².